The maximum atomic E-state index is 14.4. The number of benzene rings is 1. The maximum absolute atomic E-state index is 14.4. The van der Waals surface area contributed by atoms with Gasteiger partial charge in [-0.1, -0.05) is 11.6 Å². The zero-order chi connectivity index (χ0) is 21.3. The van der Waals surface area contributed by atoms with Gasteiger partial charge < -0.3 is 15.4 Å². The van der Waals surface area contributed by atoms with E-state index in [0.29, 0.717) is 10.6 Å². The Morgan fingerprint density at radius 3 is 2.60 bits per heavy atom. The summed E-state index contributed by atoms with van der Waals surface area (Å²) in [5, 5.41) is 5.80. The molecule has 2 heterocycles. The molecule has 2 N–H and O–H groups in total. The molecule has 1 aliphatic carbocycles. The molecule has 2 amide bonds. The average Bonchev–Trinajstić information content (AvgIpc) is 3.42. The number of thiazole rings is 1. The van der Waals surface area contributed by atoms with Gasteiger partial charge in [-0.2, -0.15) is 0 Å². The second kappa shape index (κ2) is 8.37. The van der Waals surface area contributed by atoms with Crippen LogP contribution in [0.15, 0.2) is 36.7 Å². The van der Waals surface area contributed by atoms with Gasteiger partial charge in [0.1, 0.15) is 22.3 Å². The van der Waals surface area contributed by atoms with Crippen LogP contribution in [0.5, 0.6) is 5.75 Å². The zero-order valence-electron chi connectivity index (χ0n) is 15.7. The molecule has 0 atom stereocenters. The van der Waals surface area contributed by atoms with Gasteiger partial charge in [0.05, 0.1) is 39.8 Å². The van der Waals surface area contributed by atoms with Gasteiger partial charge in [0, 0.05) is 0 Å². The molecule has 0 aliphatic heterocycles. The maximum Gasteiger partial charge on any atom is 0.267 e. The predicted molar refractivity (Wildman–Crippen MR) is 112 cm³/mol. The lowest BCUT2D eigenvalue weighted by Crippen LogP contribution is -2.16. The third kappa shape index (κ3) is 4.74. The van der Waals surface area contributed by atoms with E-state index in [1.165, 1.54) is 29.8 Å². The van der Waals surface area contributed by atoms with Crippen molar-refractivity contribution in [3.63, 3.8) is 0 Å². The van der Waals surface area contributed by atoms with Crippen molar-refractivity contribution in [2.75, 3.05) is 10.6 Å². The number of hydrogen-bond donors (Lipinski definition) is 2. The lowest BCUT2D eigenvalue weighted by atomic mass is 10.1. The van der Waals surface area contributed by atoms with E-state index < -0.39 is 17.6 Å². The molecular weight excluding hydrogens is 431 g/mol. The van der Waals surface area contributed by atoms with E-state index in [2.05, 4.69) is 20.6 Å². The van der Waals surface area contributed by atoms with Gasteiger partial charge in [-0.05, 0) is 44.0 Å². The first-order valence-corrected chi connectivity index (χ1v) is 10.3. The van der Waals surface area contributed by atoms with Crippen molar-refractivity contribution in [1.29, 1.82) is 0 Å². The number of anilines is 2. The third-order valence-corrected chi connectivity index (χ3v) is 5.42. The van der Waals surface area contributed by atoms with Crippen molar-refractivity contribution in [2.24, 2.45) is 0 Å². The molecule has 1 aliphatic rings. The summed E-state index contributed by atoms with van der Waals surface area (Å²) in [6, 6.07) is 5.41. The molecule has 7 nitrogen and oxygen atoms in total. The van der Waals surface area contributed by atoms with Crippen LogP contribution >= 0.6 is 22.9 Å². The molecule has 154 valence electrons. The minimum absolute atomic E-state index is 0.0293. The van der Waals surface area contributed by atoms with Crippen molar-refractivity contribution < 1.29 is 18.7 Å². The molecule has 0 radical (unpaired) electrons. The van der Waals surface area contributed by atoms with Gasteiger partial charge in [0.25, 0.3) is 11.8 Å². The van der Waals surface area contributed by atoms with Gasteiger partial charge in [-0.15, -0.1) is 11.3 Å². The number of aromatic nitrogens is 2. The van der Waals surface area contributed by atoms with Crippen LogP contribution in [0.2, 0.25) is 5.02 Å². The van der Waals surface area contributed by atoms with E-state index in [4.69, 9.17) is 16.3 Å². The summed E-state index contributed by atoms with van der Waals surface area (Å²) >= 11 is 7.25. The highest BCUT2D eigenvalue weighted by molar-refractivity contribution is 7.13. The molecule has 10 heteroatoms. The van der Waals surface area contributed by atoms with Crippen molar-refractivity contribution >= 4 is 46.3 Å². The number of halogens is 2. The van der Waals surface area contributed by atoms with E-state index in [-0.39, 0.29) is 28.2 Å². The Kier molecular flexibility index (Phi) is 5.65. The summed E-state index contributed by atoms with van der Waals surface area (Å²) < 4.78 is 20.0. The fourth-order valence-corrected chi connectivity index (χ4v) is 3.43. The minimum Gasteiger partial charge on any atom is -0.489 e. The normalized spacial score (nSPS) is 13.0. The van der Waals surface area contributed by atoms with Gasteiger partial charge in [-0.3, -0.25) is 9.59 Å². The molecule has 0 spiro atoms. The lowest BCUT2D eigenvalue weighted by molar-refractivity contribution is 0.101. The van der Waals surface area contributed by atoms with Crippen molar-refractivity contribution in [1.82, 2.24) is 9.97 Å². The quantitative estimate of drug-likeness (QED) is 0.573. The van der Waals surface area contributed by atoms with Crippen LogP contribution in [0.1, 0.15) is 37.9 Å². The van der Waals surface area contributed by atoms with Crippen LogP contribution in [0.4, 0.5) is 15.9 Å². The molecule has 3 aromatic rings. The number of carbonyl (C=O) groups is 2. The molecule has 2 aromatic heterocycles. The molecule has 4 rings (SSSR count). The first-order valence-electron chi connectivity index (χ1n) is 9.06. The molecule has 0 bridgehead atoms. The summed E-state index contributed by atoms with van der Waals surface area (Å²) in [4.78, 5) is 33.4. The number of hydrogen-bond acceptors (Lipinski definition) is 6. The summed E-state index contributed by atoms with van der Waals surface area (Å²) in [6.07, 6.45) is 5.21. The Labute approximate surface area is 180 Å². The smallest absolute Gasteiger partial charge is 0.267 e. The number of rotatable bonds is 6. The molecule has 1 fully saturated rings. The zero-order valence-corrected chi connectivity index (χ0v) is 17.3. The number of pyridine rings is 1. The van der Waals surface area contributed by atoms with Crippen molar-refractivity contribution in [3.8, 4) is 5.75 Å². The van der Waals surface area contributed by atoms with Crippen molar-refractivity contribution in [3.05, 3.63) is 62.9 Å². The molecule has 0 unspecified atom stereocenters. The minimum atomic E-state index is -0.821. The van der Waals surface area contributed by atoms with E-state index >= 15 is 0 Å². The molecule has 1 saturated carbocycles. The number of aryl methyl sites for hydroxylation is 1. The number of nitrogens with one attached hydrogen (secondary N) is 2. The van der Waals surface area contributed by atoms with Crippen LogP contribution in [-0.2, 0) is 0 Å². The number of ether oxygens (including phenoxy) is 1. The van der Waals surface area contributed by atoms with Crippen molar-refractivity contribution in [2.45, 2.75) is 25.9 Å². The van der Waals surface area contributed by atoms with Gasteiger partial charge in [0.2, 0.25) is 0 Å². The largest absolute Gasteiger partial charge is 0.489 e. The number of nitrogens with zero attached hydrogens (tertiary/aromatic N) is 2. The van der Waals surface area contributed by atoms with Crippen LogP contribution in [0.3, 0.4) is 0 Å². The van der Waals surface area contributed by atoms with Crippen LogP contribution in [0.25, 0.3) is 0 Å². The van der Waals surface area contributed by atoms with E-state index in [1.807, 2.05) is 0 Å². The van der Waals surface area contributed by atoms with E-state index in [9.17, 15) is 14.0 Å². The Hall–Kier alpha value is -3.04. The highest BCUT2D eigenvalue weighted by atomic mass is 35.5. The molecular formula is C20H16ClFN4O3S. The summed E-state index contributed by atoms with van der Waals surface area (Å²) in [5.41, 5.74) is -0.171. The average molecular weight is 447 g/mol. The van der Waals surface area contributed by atoms with E-state index in [1.54, 1.807) is 19.1 Å². The van der Waals surface area contributed by atoms with Gasteiger partial charge >= 0.3 is 0 Å². The van der Waals surface area contributed by atoms with Gasteiger partial charge in [0.15, 0.2) is 0 Å². The Bertz CT molecular complexity index is 1120. The van der Waals surface area contributed by atoms with Crippen LogP contribution in [0, 0.1) is 12.7 Å². The Balaban J connectivity index is 1.49. The monoisotopic (exact) mass is 446 g/mol. The van der Waals surface area contributed by atoms with Gasteiger partial charge in [-0.25, -0.2) is 14.4 Å². The Morgan fingerprint density at radius 2 is 1.97 bits per heavy atom. The first kappa shape index (κ1) is 20.2. The first-order chi connectivity index (χ1) is 14.4. The third-order valence-electron chi connectivity index (χ3n) is 4.20. The predicted octanol–water partition coefficient (Wildman–Crippen LogP) is 4.68. The summed E-state index contributed by atoms with van der Waals surface area (Å²) in [5.74, 6) is -1.15. The second-order valence-corrected chi connectivity index (χ2v) is 8.30. The lowest BCUT2D eigenvalue weighted by Gasteiger charge is -2.11. The Morgan fingerprint density at radius 1 is 1.17 bits per heavy atom. The van der Waals surface area contributed by atoms with Crippen LogP contribution < -0.4 is 15.4 Å². The molecule has 30 heavy (non-hydrogen) atoms. The fraction of sp³-hybridized carbons (Fsp3) is 0.200. The fourth-order valence-electron chi connectivity index (χ4n) is 2.55. The summed E-state index contributed by atoms with van der Waals surface area (Å²) in [7, 11) is 0. The van der Waals surface area contributed by atoms with Crippen LogP contribution in [-0.4, -0.2) is 27.9 Å². The highest BCUT2D eigenvalue weighted by Crippen LogP contribution is 2.28. The second-order valence-electron chi connectivity index (χ2n) is 6.66. The molecule has 0 saturated heterocycles. The number of carbonyl (C=O) groups excluding carboxylic acids is 2. The standard InChI is InChI=1S/C20H16ClFN4O3S/c1-10-23-9-17(30-10)20(28)25-16-6-13(15(22)7-14(16)21)19(27)26-18-5-4-12(8-24-18)29-11-2-3-11/h4-9,11H,2-3H2,1H3,(H,25,28)(H,24,26,27). The van der Waals surface area contributed by atoms with E-state index in [0.717, 1.165) is 23.9 Å². The SMILES string of the molecule is Cc1ncc(C(=O)Nc2cc(C(=O)Nc3ccc(OC4CC4)cn3)c(F)cc2Cl)s1. The summed E-state index contributed by atoms with van der Waals surface area (Å²) in [6.45, 7) is 1.77. The molecule has 1 aromatic carbocycles. The highest BCUT2D eigenvalue weighted by Gasteiger charge is 2.23. The number of amides is 2. The topological polar surface area (TPSA) is 93.2 Å².